The van der Waals surface area contributed by atoms with Crippen molar-refractivity contribution < 1.29 is 66.5 Å². The topological polar surface area (TPSA) is 18.5 Å². The third-order valence-corrected chi connectivity index (χ3v) is 8.43. The molecule has 0 fully saturated rings. The zero-order valence-corrected chi connectivity index (χ0v) is 27.9. The van der Waals surface area contributed by atoms with E-state index in [2.05, 4.69) is 9.47 Å². The lowest BCUT2D eigenvalue weighted by Gasteiger charge is -2.22. The van der Waals surface area contributed by atoms with Gasteiger partial charge in [-0.3, -0.25) is 0 Å². The molecule has 6 rings (SSSR count). The summed E-state index contributed by atoms with van der Waals surface area (Å²) >= 11 is 0. The molecule has 0 bridgehead atoms. The van der Waals surface area contributed by atoms with Crippen LogP contribution < -0.4 is 9.47 Å². The molecule has 0 saturated carbocycles. The summed E-state index contributed by atoms with van der Waals surface area (Å²) in [6, 6.07) is 12.2. The zero-order chi connectivity index (χ0) is 40.1. The maximum absolute atomic E-state index is 15.4. The molecule has 2 nitrogen and oxygen atoms in total. The monoisotopic (exact) mass is 780 g/mol. The second kappa shape index (κ2) is 14.3. The molecule has 0 radical (unpaired) electrons. The van der Waals surface area contributed by atoms with Gasteiger partial charge in [0.05, 0.1) is 0 Å². The average molecular weight is 781 g/mol. The van der Waals surface area contributed by atoms with E-state index in [1.165, 1.54) is 12.1 Å². The van der Waals surface area contributed by atoms with Gasteiger partial charge in [0.15, 0.2) is 17.5 Å². The standard InChI is InChI=1S/C40H21F13O2/c1-18-3-5-20(6-4-18)21-11-30(43)35(31(44)12-21)39(50,51)54-24-8-10-26(29(42)16-24)27-17-32(45)36(37(48)19(27)2)40(52,53)55-23-7-9-25(28(41)15-23)22-13-33(46)38(49)34(47)14-22/h3-17H,1-2H3. The second-order valence-electron chi connectivity index (χ2n) is 12.2. The van der Waals surface area contributed by atoms with E-state index in [0.29, 0.717) is 66.2 Å². The number of aryl methyl sites for hydroxylation is 1. The van der Waals surface area contributed by atoms with Crippen molar-refractivity contribution in [2.24, 2.45) is 0 Å². The highest BCUT2D eigenvalue weighted by Gasteiger charge is 2.43. The number of hydrogen-bond acceptors (Lipinski definition) is 2. The van der Waals surface area contributed by atoms with Crippen LogP contribution in [-0.2, 0) is 12.2 Å². The van der Waals surface area contributed by atoms with Gasteiger partial charge in [-0.1, -0.05) is 29.8 Å². The van der Waals surface area contributed by atoms with Gasteiger partial charge in [0.25, 0.3) is 0 Å². The smallest absolute Gasteiger partial charge is 0.429 e. The Hall–Kier alpha value is -5.99. The summed E-state index contributed by atoms with van der Waals surface area (Å²) in [5.41, 5.74) is -5.88. The second-order valence-corrected chi connectivity index (χ2v) is 12.2. The number of ether oxygens (including phenoxy) is 2. The minimum atomic E-state index is -4.86. The fraction of sp³-hybridized carbons (Fsp3) is 0.100. The van der Waals surface area contributed by atoms with Gasteiger partial charge in [-0.05, 0) is 96.3 Å². The van der Waals surface area contributed by atoms with Gasteiger partial charge in [-0.15, -0.1) is 0 Å². The molecule has 0 amide bonds. The summed E-state index contributed by atoms with van der Waals surface area (Å²) in [6.07, 6.45) is -9.56. The Morgan fingerprint density at radius 2 is 0.836 bits per heavy atom. The number of alkyl halides is 4. The van der Waals surface area contributed by atoms with Gasteiger partial charge in [0.1, 0.15) is 57.5 Å². The molecule has 0 spiro atoms. The number of benzene rings is 6. The molecule has 284 valence electrons. The van der Waals surface area contributed by atoms with Crippen molar-refractivity contribution in [1.82, 2.24) is 0 Å². The summed E-state index contributed by atoms with van der Waals surface area (Å²) in [5.74, 6) is -17.3. The average Bonchev–Trinajstić information content (AvgIpc) is 3.08. The van der Waals surface area contributed by atoms with Crippen molar-refractivity contribution >= 4 is 0 Å². The van der Waals surface area contributed by atoms with Crippen molar-refractivity contribution in [3.8, 4) is 44.9 Å². The van der Waals surface area contributed by atoms with Gasteiger partial charge in [-0.2, -0.15) is 17.6 Å². The summed E-state index contributed by atoms with van der Waals surface area (Å²) in [6.45, 7) is 2.61. The van der Waals surface area contributed by atoms with E-state index in [1.54, 1.807) is 19.1 Å². The van der Waals surface area contributed by atoms with Crippen LogP contribution in [0.5, 0.6) is 11.5 Å². The van der Waals surface area contributed by atoms with Crippen LogP contribution in [0.2, 0.25) is 0 Å². The van der Waals surface area contributed by atoms with E-state index in [1.807, 2.05) is 0 Å². The van der Waals surface area contributed by atoms with Crippen molar-refractivity contribution in [2.45, 2.75) is 26.1 Å². The fourth-order valence-corrected chi connectivity index (χ4v) is 5.71. The van der Waals surface area contributed by atoms with E-state index in [9.17, 15) is 26.3 Å². The van der Waals surface area contributed by atoms with Gasteiger partial charge in [0, 0.05) is 23.3 Å². The first-order chi connectivity index (χ1) is 25.8. The molecule has 0 atom stereocenters. The van der Waals surface area contributed by atoms with Crippen LogP contribution in [0, 0.1) is 66.2 Å². The maximum atomic E-state index is 15.4. The molecule has 0 aliphatic carbocycles. The molecule has 0 aliphatic heterocycles. The van der Waals surface area contributed by atoms with Crippen LogP contribution in [0.15, 0.2) is 91.0 Å². The highest BCUT2D eigenvalue weighted by Crippen LogP contribution is 2.42. The lowest BCUT2D eigenvalue weighted by Crippen LogP contribution is -2.26. The third kappa shape index (κ3) is 7.55. The minimum Gasteiger partial charge on any atom is -0.429 e. The predicted molar refractivity (Wildman–Crippen MR) is 174 cm³/mol. The van der Waals surface area contributed by atoms with Gasteiger partial charge in [-0.25, -0.2) is 39.5 Å². The Morgan fingerprint density at radius 1 is 0.382 bits per heavy atom. The molecule has 15 heteroatoms. The van der Waals surface area contributed by atoms with E-state index < -0.39 is 115 Å². The Bertz CT molecular complexity index is 2420. The van der Waals surface area contributed by atoms with Crippen LogP contribution in [0.25, 0.3) is 33.4 Å². The third-order valence-electron chi connectivity index (χ3n) is 8.43. The Labute approximate surface area is 303 Å². The quantitative estimate of drug-likeness (QED) is 0.107. The number of halogens is 13. The van der Waals surface area contributed by atoms with Crippen LogP contribution in [0.4, 0.5) is 57.1 Å². The van der Waals surface area contributed by atoms with Crippen molar-refractivity contribution in [2.75, 3.05) is 0 Å². The molecule has 0 saturated heterocycles. The highest BCUT2D eigenvalue weighted by atomic mass is 19.3. The minimum absolute atomic E-state index is 0.0567. The molecular weight excluding hydrogens is 759 g/mol. The zero-order valence-electron chi connectivity index (χ0n) is 27.9. The molecule has 0 aliphatic rings. The van der Waals surface area contributed by atoms with Gasteiger partial charge in [0.2, 0.25) is 0 Å². The molecule has 0 unspecified atom stereocenters. The molecule has 0 heterocycles. The van der Waals surface area contributed by atoms with E-state index in [0.717, 1.165) is 18.6 Å². The molecular formula is C40H21F13O2. The summed E-state index contributed by atoms with van der Waals surface area (Å²) in [4.78, 5) is 0. The first kappa shape index (κ1) is 38.7. The Balaban J connectivity index is 1.24. The molecule has 0 N–H and O–H groups in total. The van der Waals surface area contributed by atoms with E-state index in [4.69, 9.17) is 0 Å². The molecule has 55 heavy (non-hydrogen) atoms. The molecule has 6 aromatic carbocycles. The van der Waals surface area contributed by atoms with Gasteiger partial charge >= 0.3 is 12.2 Å². The Kier molecular flexibility index (Phi) is 10.1. The predicted octanol–water partition coefficient (Wildman–Crippen LogP) is 12.8. The first-order valence-corrected chi connectivity index (χ1v) is 15.7. The molecule has 6 aromatic rings. The van der Waals surface area contributed by atoms with Crippen molar-refractivity contribution in [3.05, 3.63) is 166 Å². The van der Waals surface area contributed by atoms with Crippen LogP contribution in [-0.4, -0.2) is 0 Å². The molecule has 0 aromatic heterocycles. The van der Waals surface area contributed by atoms with Crippen LogP contribution in [0.3, 0.4) is 0 Å². The Morgan fingerprint density at radius 3 is 1.35 bits per heavy atom. The summed E-state index contributed by atoms with van der Waals surface area (Å²) in [7, 11) is 0. The van der Waals surface area contributed by atoms with E-state index in [-0.39, 0.29) is 5.56 Å². The largest absolute Gasteiger partial charge is 0.432 e. The maximum Gasteiger partial charge on any atom is 0.432 e. The van der Waals surface area contributed by atoms with Crippen molar-refractivity contribution in [1.29, 1.82) is 0 Å². The normalized spacial score (nSPS) is 11.9. The number of hydrogen-bond donors (Lipinski definition) is 0. The van der Waals surface area contributed by atoms with Crippen LogP contribution >= 0.6 is 0 Å². The lowest BCUT2D eigenvalue weighted by atomic mass is 9.96. The first-order valence-electron chi connectivity index (χ1n) is 15.7. The van der Waals surface area contributed by atoms with E-state index >= 15 is 30.7 Å². The van der Waals surface area contributed by atoms with Crippen LogP contribution in [0.1, 0.15) is 22.3 Å². The summed E-state index contributed by atoms with van der Waals surface area (Å²) < 4.78 is 200. The number of rotatable bonds is 9. The highest BCUT2D eigenvalue weighted by molar-refractivity contribution is 5.70. The summed E-state index contributed by atoms with van der Waals surface area (Å²) in [5, 5.41) is 0. The SMILES string of the molecule is Cc1ccc(-c2cc(F)c(C(F)(F)Oc3ccc(-c4cc(F)c(C(F)(F)Oc5ccc(-c6cc(F)c(F)c(F)c6)c(F)c5)c(F)c4C)c(F)c3)c(F)c2)cc1. The lowest BCUT2D eigenvalue weighted by molar-refractivity contribution is -0.190. The van der Waals surface area contributed by atoms with Crippen molar-refractivity contribution in [3.63, 3.8) is 0 Å². The fourth-order valence-electron chi connectivity index (χ4n) is 5.71. The van der Waals surface area contributed by atoms with Gasteiger partial charge < -0.3 is 9.47 Å².